The van der Waals surface area contributed by atoms with Gasteiger partial charge >= 0.3 is 5.82 Å². The molecule has 2 aromatic heterocycles. The van der Waals surface area contributed by atoms with Crippen molar-refractivity contribution in [1.29, 1.82) is 0 Å². The lowest BCUT2D eigenvalue weighted by atomic mass is 10.4. The summed E-state index contributed by atoms with van der Waals surface area (Å²) in [6.45, 7) is 1.01. The second-order valence-corrected chi connectivity index (χ2v) is 4.65. The minimum absolute atomic E-state index is 0.0826. The van der Waals surface area contributed by atoms with E-state index < -0.39 is 4.92 Å². The zero-order chi connectivity index (χ0) is 13.8. The van der Waals surface area contributed by atoms with Gasteiger partial charge in [-0.1, -0.05) is 11.3 Å². The molecule has 0 aliphatic rings. The molecule has 0 fully saturated rings. The van der Waals surface area contributed by atoms with Gasteiger partial charge in [-0.05, 0) is 4.92 Å². The Kier molecular flexibility index (Phi) is 4.30. The first-order valence-corrected chi connectivity index (χ1v) is 6.51. The van der Waals surface area contributed by atoms with Crippen LogP contribution in [-0.2, 0) is 4.74 Å². The molecule has 2 aromatic rings. The predicted octanol–water partition coefficient (Wildman–Crippen LogP) is 0.749. The summed E-state index contributed by atoms with van der Waals surface area (Å²) in [5.74, 6) is 0.184. The summed E-state index contributed by atoms with van der Waals surface area (Å²) >= 11 is 1.33. The van der Waals surface area contributed by atoms with Crippen LogP contribution in [-0.4, -0.2) is 52.8 Å². The van der Waals surface area contributed by atoms with E-state index in [0.717, 1.165) is 0 Å². The smallest absolute Gasteiger partial charge is 0.373 e. The minimum atomic E-state index is -0.459. The van der Waals surface area contributed by atoms with Crippen LogP contribution in [0.4, 0.5) is 11.6 Å². The van der Waals surface area contributed by atoms with E-state index in [-0.39, 0.29) is 24.8 Å². The van der Waals surface area contributed by atoms with Crippen LogP contribution in [0.3, 0.4) is 0 Å². The first-order valence-electron chi connectivity index (χ1n) is 5.63. The highest BCUT2D eigenvalue weighted by Crippen LogP contribution is 2.30. The van der Waals surface area contributed by atoms with E-state index in [1.54, 1.807) is 23.6 Å². The van der Waals surface area contributed by atoms with Gasteiger partial charge in [0.15, 0.2) is 0 Å². The van der Waals surface area contributed by atoms with E-state index in [9.17, 15) is 10.1 Å². The molecule has 0 aliphatic heterocycles. The maximum absolute atomic E-state index is 11.2. The number of aromatic nitrogens is 2. The molecular formula is C10H14N4O4S. The lowest BCUT2D eigenvalue weighted by Crippen LogP contribution is -2.31. The van der Waals surface area contributed by atoms with Crippen LogP contribution in [0.2, 0.25) is 0 Å². The van der Waals surface area contributed by atoms with Crippen molar-refractivity contribution in [3.05, 3.63) is 21.7 Å². The Bertz CT molecular complexity index is 567. The monoisotopic (exact) mass is 286 g/mol. The van der Waals surface area contributed by atoms with Crippen molar-refractivity contribution < 1.29 is 14.8 Å². The molecule has 0 amide bonds. The summed E-state index contributed by atoms with van der Waals surface area (Å²) in [5, 5.41) is 22.0. The highest BCUT2D eigenvalue weighted by atomic mass is 32.1. The summed E-state index contributed by atoms with van der Waals surface area (Å²) in [7, 11) is 1.55. The van der Waals surface area contributed by atoms with Gasteiger partial charge < -0.3 is 24.9 Å². The molecule has 0 spiro atoms. The molecule has 0 saturated heterocycles. The van der Waals surface area contributed by atoms with E-state index in [2.05, 4.69) is 4.98 Å². The standard InChI is InChI=1S/C10H14N4O4S/c1-18-6-3-12(2-5-15)8-9(14(16)17)13-4-7-19-10(13)11-8/h4,7,15H,2-3,5-6H2,1H3. The Hall–Kier alpha value is -1.71. The van der Waals surface area contributed by atoms with Gasteiger partial charge in [0.25, 0.3) is 4.96 Å². The lowest BCUT2D eigenvalue weighted by molar-refractivity contribution is -0.389. The normalized spacial score (nSPS) is 11.1. The Morgan fingerprint density at radius 3 is 3.05 bits per heavy atom. The van der Waals surface area contributed by atoms with Crippen molar-refractivity contribution in [2.75, 3.05) is 38.3 Å². The minimum Gasteiger partial charge on any atom is -0.395 e. The number of ether oxygens (including phenoxy) is 1. The topological polar surface area (TPSA) is 93.1 Å². The second kappa shape index (κ2) is 5.95. The third kappa shape index (κ3) is 2.67. The summed E-state index contributed by atoms with van der Waals surface area (Å²) in [5.41, 5.74) is 0. The highest BCUT2D eigenvalue weighted by molar-refractivity contribution is 7.15. The van der Waals surface area contributed by atoms with Gasteiger partial charge in [-0.15, -0.1) is 0 Å². The summed E-state index contributed by atoms with van der Waals surface area (Å²) < 4.78 is 6.41. The number of imidazole rings is 1. The molecule has 8 nitrogen and oxygen atoms in total. The number of hydrogen-bond donors (Lipinski definition) is 1. The van der Waals surface area contributed by atoms with Crippen LogP contribution in [0, 0.1) is 10.1 Å². The third-order valence-corrected chi connectivity index (χ3v) is 3.38. The first-order chi connectivity index (χ1) is 9.19. The molecule has 0 radical (unpaired) electrons. The van der Waals surface area contributed by atoms with Gasteiger partial charge in [-0.2, -0.15) is 9.38 Å². The summed E-state index contributed by atoms with van der Waals surface area (Å²) in [6, 6.07) is 0. The Labute approximate surface area is 113 Å². The molecule has 9 heteroatoms. The predicted molar refractivity (Wildman–Crippen MR) is 70.9 cm³/mol. The van der Waals surface area contributed by atoms with Gasteiger partial charge in [-0.25, -0.2) is 0 Å². The first kappa shape index (κ1) is 13.7. The molecule has 2 heterocycles. The number of aliphatic hydroxyl groups excluding tert-OH is 1. The van der Waals surface area contributed by atoms with Crippen LogP contribution < -0.4 is 4.90 Å². The summed E-state index contributed by atoms with van der Waals surface area (Å²) in [6.07, 6.45) is 1.61. The number of thiazole rings is 1. The molecule has 1 N–H and O–H groups in total. The van der Waals surface area contributed by atoms with Gasteiger partial charge in [0.05, 0.1) is 13.2 Å². The molecule has 0 unspecified atom stereocenters. The average molecular weight is 286 g/mol. The average Bonchev–Trinajstić information content (AvgIpc) is 2.93. The number of nitro groups is 1. The fraction of sp³-hybridized carbons (Fsp3) is 0.500. The van der Waals surface area contributed by atoms with Crippen molar-refractivity contribution in [3.63, 3.8) is 0 Å². The number of hydrogen-bond acceptors (Lipinski definition) is 7. The third-order valence-electron chi connectivity index (χ3n) is 2.63. The van der Waals surface area contributed by atoms with Gasteiger partial charge in [0, 0.05) is 25.6 Å². The van der Waals surface area contributed by atoms with Crippen molar-refractivity contribution in [2.24, 2.45) is 0 Å². The number of anilines is 1. The van der Waals surface area contributed by atoms with Crippen LogP contribution in [0.25, 0.3) is 4.96 Å². The van der Waals surface area contributed by atoms with Crippen molar-refractivity contribution in [3.8, 4) is 0 Å². The molecular weight excluding hydrogens is 272 g/mol. The zero-order valence-corrected chi connectivity index (χ0v) is 11.2. The molecule has 0 bridgehead atoms. The van der Waals surface area contributed by atoms with E-state index >= 15 is 0 Å². The maximum Gasteiger partial charge on any atom is 0.373 e. The molecule has 0 aliphatic carbocycles. The largest absolute Gasteiger partial charge is 0.395 e. The van der Waals surface area contributed by atoms with Crippen LogP contribution in [0.15, 0.2) is 11.6 Å². The van der Waals surface area contributed by atoms with Crippen molar-refractivity contribution in [2.45, 2.75) is 0 Å². The van der Waals surface area contributed by atoms with Crippen LogP contribution in [0.5, 0.6) is 0 Å². The van der Waals surface area contributed by atoms with Gasteiger partial charge in [0.1, 0.15) is 6.20 Å². The van der Waals surface area contributed by atoms with Gasteiger partial charge in [-0.3, -0.25) is 0 Å². The number of methoxy groups -OCH3 is 1. The zero-order valence-electron chi connectivity index (χ0n) is 10.4. The molecule has 19 heavy (non-hydrogen) atoms. The Balaban J connectivity index is 2.42. The quantitative estimate of drug-likeness (QED) is 0.596. The maximum atomic E-state index is 11.2. The van der Waals surface area contributed by atoms with Crippen molar-refractivity contribution in [1.82, 2.24) is 9.38 Å². The van der Waals surface area contributed by atoms with E-state index in [1.807, 2.05) is 0 Å². The highest BCUT2D eigenvalue weighted by Gasteiger charge is 2.27. The SMILES string of the molecule is COCCN(CCO)c1nc2sccn2c1[N+](=O)[O-]. The fourth-order valence-electron chi connectivity index (χ4n) is 1.79. The Morgan fingerprint density at radius 1 is 1.63 bits per heavy atom. The molecule has 0 atom stereocenters. The second-order valence-electron chi connectivity index (χ2n) is 3.78. The fourth-order valence-corrected chi connectivity index (χ4v) is 2.49. The van der Waals surface area contributed by atoms with E-state index in [4.69, 9.17) is 9.84 Å². The molecule has 0 saturated carbocycles. The molecule has 104 valence electrons. The van der Waals surface area contributed by atoms with E-state index in [0.29, 0.717) is 18.1 Å². The number of fused-ring (bicyclic) bond motifs is 1. The number of rotatable bonds is 7. The Morgan fingerprint density at radius 2 is 2.42 bits per heavy atom. The lowest BCUT2D eigenvalue weighted by Gasteiger charge is -2.20. The van der Waals surface area contributed by atoms with Crippen LogP contribution >= 0.6 is 11.3 Å². The number of nitrogens with zero attached hydrogens (tertiary/aromatic N) is 4. The molecule has 0 aromatic carbocycles. The van der Waals surface area contributed by atoms with E-state index in [1.165, 1.54) is 15.7 Å². The van der Waals surface area contributed by atoms with Gasteiger partial charge in [0.2, 0.25) is 5.82 Å². The number of aliphatic hydroxyl groups is 1. The summed E-state index contributed by atoms with van der Waals surface area (Å²) in [4.78, 5) is 17.2. The molecule has 2 rings (SSSR count). The van der Waals surface area contributed by atoms with Crippen molar-refractivity contribution >= 4 is 27.9 Å². The van der Waals surface area contributed by atoms with Crippen LogP contribution in [0.1, 0.15) is 0 Å².